The van der Waals surface area contributed by atoms with Crippen molar-refractivity contribution in [2.45, 2.75) is 32.2 Å². The predicted octanol–water partition coefficient (Wildman–Crippen LogP) is 1.90. The van der Waals surface area contributed by atoms with E-state index in [1.807, 2.05) is 0 Å². The Bertz CT molecular complexity index is 334. The summed E-state index contributed by atoms with van der Waals surface area (Å²) in [5, 5.41) is 3.73. The molecule has 3 atom stereocenters. The van der Waals surface area contributed by atoms with E-state index in [9.17, 15) is 0 Å². The van der Waals surface area contributed by atoms with Gasteiger partial charge < -0.3 is 10.1 Å². The van der Waals surface area contributed by atoms with Crippen LogP contribution in [0.4, 0.5) is 0 Å². The Morgan fingerprint density at radius 2 is 2.00 bits per heavy atom. The predicted molar refractivity (Wildman–Crippen MR) is 78.2 cm³/mol. The average molecular weight is 264 g/mol. The highest BCUT2D eigenvalue weighted by molar-refractivity contribution is 5.10. The molecule has 1 saturated heterocycles. The first kappa shape index (κ1) is 13.6. The third-order valence-electron chi connectivity index (χ3n) is 5.25. The van der Waals surface area contributed by atoms with Crippen molar-refractivity contribution in [2.75, 3.05) is 39.4 Å². The van der Waals surface area contributed by atoms with Gasteiger partial charge in [0, 0.05) is 25.2 Å². The van der Waals surface area contributed by atoms with Crippen LogP contribution in [0.3, 0.4) is 0 Å². The Morgan fingerprint density at radius 1 is 1.21 bits per heavy atom. The first-order valence-corrected chi connectivity index (χ1v) is 7.87. The highest BCUT2D eigenvalue weighted by atomic mass is 16.5. The van der Waals surface area contributed by atoms with Gasteiger partial charge in [-0.15, -0.1) is 0 Å². The van der Waals surface area contributed by atoms with Gasteiger partial charge in [-0.05, 0) is 51.0 Å². The van der Waals surface area contributed by atoms with Crippen LogP contribution in [0, 0.1) is 17.8 Å². The Hall–Kier alpha value is -0.380. The van der Waals surface area contributed by atoms with Crippen molar-refractivity contribution in [1.82, 2.24) is 10.2 Å². The maximum atomic E-state index is 5.44. The van der Waals surface area contributed by atoms with Gasteiger partial charge in [-0.1, -0.05) is 12.2 Å². The minimum atomic E-state index is 0.247. The normalized spacial score (nSPS) is 35.2. The molecule has 0 amide bonds. The van der Waals surface area contributed by atoms with Crippen LogP contribution >= 0.6 is 0 Å². The summed E-state index contributed by atoms with van der Waals surface area (Å²) in [5.74, 6) is 2.64. The molecule has 0 aromatic heterocycles. The molecule has 2 bridgehead atoms. The molecule has 108 valence electrons. The first-order valence-electron chi connectivity index (χ1n) is 7.87. The summed E-state index contributed by atoms with van der Waals surface area (Å²) < 4.78 is 5.44. The maximum Gasteiger partial charge on any atom is 0.0594 e. The molecular formula is C16H28N2O. The number of allylic oxidation sites excluding steroid dienone is 2. The van der Waals surface area contributed by atoms with Crippen LogP contribution in [-0.2, 0) is 4.74 Å². The van der Waals surface area contributed by atoms with Crippen molar-refractivity contribution < 1.29 is 4.74 Å². The molecule has 1 heterocycles. The van der Waals surface area contributed by atoms with Crippen LogP contribution < -0.4 is 5.32 Å². The van der Waals surface area contributed by atoms with E-state index >= 15 is 0 Å². The second-order valence-electron chi connectivity index (χ2n) is 7.08. The van der Waals surface area contributed by atoms with Gasteiger partial charge in [-0.25, -0.2) is 0 Å². The van der Waals surface area contributed by atoms with Crippen LogP contribution in [0.2, 0.25) is 0 Å². The van der Waals surface area contributed by atoms with Gasteiger partial charge in [-0.3, -0.25) is 4.90 Å². The van der Waals surface area contributed by atoms with Crippen LogP contribution in [-0.4, -0.2) is 49.8 Å². The summed E-state index contributed by atoms with van der Waals surface area (Å²) in [6, 6.07) is 0. The molecule has 3 heteroatoms. The third-order valence-corrected chi connectivity index (χ3v) is 5.25. The Kier molecular flexibility index (Phi) is 3.97. The molecule has 2 fully saturated rings. The quantitative estimate of drug-likeness (QED) is 0.768. The Labute approximate surface area is 117 Å². The van der Waals surface area contributed by atoms with Crippen molar-refractivity contribution in [1.29, 1.82) is 0 Å². The largest absolute Gasteiger partial charge is 0.379 e. The Balaban J connectivity index is 1.42. The molecule has 0 aromatic carbocycles. The molecule has 3 rings (SSSR count). The average Bonchev–Trinajstić information content (AvgIpc) is 3.02. The molecule has 3 aliphatic rings. The molecule has 3 unspecified atom stereocenters. The number of fused-ring (bicyclic) bond motifs is 2. The summed E-state index contributed by atoms with van der Waals surface area (Å²) in [6.45, 7) is 10.9. The lowest BCUT2D eigenvalue weighted by Crippen LogP contribution is -2.55. The van der Waals surface area contributed by atoms with Gasteiger partial charge in [0.25, 0.3) is 0 Å². The van der Waals surface area contributed by atoms with Crippen LogP contribution in [0.15, 0.2) is 12.2 Å². The minimum Gasteiger partial charge on any atom is -0.379 e. The SMILES string of the molecule is CC(C)(CNCC1CC2C=CC1C2)N1CCOCC1. The summed E-state index contributed by atoms with van der Waals surface area (Å²) >= 11 is 0. The lowest BCUT2D eigenvalue weighted by molar-refractivity contribution is -0.00983. The molecule has 0 radical (unpaired) electrons. The van der Waals surface area contributed by atoms with E-state index in [2.05, 4.69) is 36.2 Å². The minimum absolute atomic E-state index is 0.247. The van der Waals surface area contributed by atoms with Crippen molar-refractivity contribution >= 4 is 0 Å². The second-order valence-corrected chi connectivity index (χ2v) is 7.08. The molecule has 0 spiro atoms. The zero-order valence-corrected chi connectivity index (χ0v) is 12.4. The van der Waals surface area contributed by atoms with E-state index in [1.165, 1.54) is 19.4 Å². The van der Waals surface area contributed by atoms with Crippen molar-refractivity contribution in [3.05, 3.63) is 12.2 Å². The highest BCUT2D eigenvalue weighted by Crippen LogP contribution is 2.42. The van der Waals surface area contributed by atoms with Gasteiger partial charge in [-0.2, -0.15) is 0 Å². The number of nitrogens with one attached hydrogen (secondary N) is 1. The molecular weight excluding hydrogens is 236 g/mol. The molecule has 1 saturated carbocycles. The van der Waals surface area contributed by atoms with E-state index in [0.717, 1.165) is 50.6 Å². The van der Waals surface area contributed by atoms with Crippen LogP contribution in [0.5, 0.6) is 0 Å². The van der Waals surface area contributed by atoms with Crippen molar-refractivity contribution in [2.24, 2.45) is 17.8 Å². The Morgan fingerprint density at radius 3 is 2.63 bits per heavy atom. The second kappa shape index (κ2) is 5.55. The van der Waals surface area contributed by atoms with Gasteiger partial charge in [0.05, 0.1) is 13.2 Å². The van der Waals surface area contributed by atoms with Crippen LogP contribution in [0.1, 0.15) is 26.7 Å². The molecule has 2 aliphatic carbocycles. The fourth-order valence-electron chi connectivity index (χ4n) is 3.97. The van der Waals surface area contributed by atoms with Gasteiger partial charge >= 0.3 is 0 Å². The fraction of sp³-hybridized carbons (Fsp3) is 0.875. The standard InChI is InChI=1S/C16H28N2O/c1-16(2,18-5-7-19-8-6-18)12-17-11-15-10-13-3-4-14(15)9-13/h3-4,13-15,17H,5-12H2,1-2H3. The number of morpholine rings is 1. The van der Waals surface area contributed by atoms with Crippen molar-refractivity contribution in [3.8, 4) is 0 Å². The lowest BCUT2D eigenvalue weighted by atomic mass is 9.93. The number of rotatable bonds is 5. The molecule has 19 heavy (non-hydrogen) atoms. The maximum absolute atomic E-state index is 5.44. The number of nitrogens with zero attached hydrogens (tertiary/aromatic N) is 1. The zero-order chi connectivity index (χ0) is 13.3. The molecule has 0 aromatic rings. The highest BCUT2D eigenvalue weighted by Gasteiger charge is 2.35. The number of hydrogen-bond donors (Lipinski definition) is 1. The van der Waals surface area contributed by atoms with Gasteiger partial charge in [0.1, 0.15) is 0 Å². The van der Waals surface area contributed by atoms with Gasteiger partial charge in [0.2, 0.25) is 0 Å². The van der Waals surface area contributed by atoms with Crippen molar-refractivity contribution in [3.63, 3.8) is 0 Å². The van der Waals surface area contributed by atoms with E-state index < -0.39 is 0 Å². The monoisotopic (exact) mass is 264 g/mol. The zero-order valence-electron chi connectivity index (χ0n) is 12.4. The van der Waals surface area contributed by atoms with E-state index in [-0.39, 0.29) is 5.54 Å². The van der Waals surface area contributed by atoms with E-state index in [1.54, 1.807) is 0 Å². The molecule has 1 aliphatic heterocycles. The first-order chi connectivity index (χ1) is 9.15. The number of ether oxygens (including phenoxy) is 1. The van der Waals surface area contributed by atoms with Gasteiger partial charge in [0.15, 0.2) is 0 Å². The summed E-state index contributed by atoms with van der Waals surface area (Å²) in [4.78, 5) is 2.56. The smallest absolute Gasteiger partial charge is 0.0594 e. The fourth-order valence-corrected chi connectivity index (χ4v) is 3.97. The summed E-state index contributed by atoms with van der Waals surface area (Å²) in [5.41, 5.74) is 0.247. The topological polar surface area (TPSA) is 24.5 Å². The molecule has 1 N–H and O–H groups in total. The third kappa shape index (κ3) is 3.04. The van der Waals surface area contributed by atoms with E-state index in [0.29, 0.717) is 0 Å². The summed E-state index contributed by atoms with van der Waals surface area (Å²) in [6.07, 6.45) is 7.71. The van der Waals surface area contributed by atoms with E-state index in [4.69, 9.17) is 4.74 Å². The van der Waals surface area contributed by atoms with Crippen LogP contribution in [0.25, 0.3) is 0 Å². The number of hydrogen-bond acceptors (Lipinski definition) is 3. The molecule has 3 nitrogen and oxygen atoms in total. The summed E-state index contributed by atoms with van der Waals surface area (Å²) in [7, 11) is 0. The lowest BCUT2D eigenvalue weighted by Gasteiger charge is -2.41.